The number of amides is 2. The third-order valence-corrected chi connectivity index (χ3v) is 8.78. The molecule has 0 bridgehead atoms. The van der Waals surface area contributed by atoms with Gasteiger partial charge in [0.1, 0.15) is 18.2 Å². The first kappa shape index (κ1) is 28.4. The second-order valence-corrected chi connectivity index (χ2v) is 11.7. The fraction of sp³-hybridized carbons (Fsp3) is 0.171. The number of halogens is 1. The zero-order valence-corrected chi connectivity index (χ0v) is 24.8. The molecule has 2 heterocycles. The van der Waals surface area contributed by atoms with Crippen molar-refractivity contribution in [2.24, 2.45) is 0 Å². The van der Waals surface area contributed by atoms with Gasteiger partial charge in [0.2, 0.25) is 11.8 Å². The average molecular weight is 591 g/mol. The molecule has 8 heteroatoms. The van der Waals surface area contributed by atoms with Gasteiger partial charge in [-0.15, -0.1) is 11.8 Å². The van der Waals surface area contributed by atoms with Crippen LogP contribution < -0.4 is 10.2 Å². The summed E-state index contributed by atoms with van der Waals surface area (Å²) >= 11 is 1.55. The number of fused-ring (bicyclic) bond motifs is 1. The van der Waals surface area contributed by atoms with E-state index < -0.39 is 0 Å². The Morgan fingerprint density at radius 1 is 0.953 bits per heavy atom. The standard InChI is InChI=1S/C35H31FN4O2S/c1-23-9-8-13-27(19-23)34-32-33(26-11-4-3-5-12-26)38-40(29-14-7-6-10-24(29)2)35(32)39(31(42)22-43-34)21-30(41)37-20-25-15-17-28(36)18-16-25/h3-19,34H,20-22H2,1-2H3,(H,37,41)/t34-/m1/s1. The molecule has 0 saturated heterocycles. The minimum absolute atomic E-state index is 0.173. The van der Waals surface area contributed by atoms with E-state index in [1.807, 2.05) is 72.3 Å². The van der Waals surface area contributed by atoms with Crippen molar-refractivity contribution in [3.8, 4) is 16.9 Å². The van der Waals surface area contributed by atoms with Crippen LogP contribution in [0.1, 0.15) is 33.1 Å². The van der Waals surface area contributed by atoms with Gasteiger partial charge in [0.15, 0.2) is 0 Å². The Morgan fingerprint density at radius 2 is 1.70 bits per heavy atom. The second kappa shape index (κ2) is 12.3. The summed E-state index contributed by atoms with van der Waals surface area (Å²) in [6, 6.07) is 32.2. The summed E-state index contributed by atoms with van der Waals surface area (Å²) < 4.78 is 15.2. The molecule has 1 aliphatic heterocycles. The average Bonchev–Trinajstić information content (AvgIpc) is 3.33. The van der Waals surface area contributed by atoms with Crippen molar-refractivity contribution in [2.75, 3.05) is 17.2 Å². The molecule has 0 spiro atoms. The van der Waals surface area contributed by atoms with Crippen LogP contribution in [0.25, 0.3) is 16.9 Å². The van der Waals surface area contributed by atoms with Gasteiger partial charge in [-0.1, -0.05) is 90.5 Å². The molecule has 6 nitrogen and oxygen atoms in total. The third kappa shape index (κ3) is 5.96. The number of hydrogen-bond acceptors (Lipinski definition) is 4. The maximum Gasteiger partial charge on any atom is 0.240 e. The SMILES string of the molecule is Cc1cccc([C@H]2SCC(=O)N(CC(=O)NCc3ccc(F)cc3)c3c2c(-c2ccccc2)nn3-c2ccccc2C)c1. The van der Waals surface area contributed by atoms with Crippen LogP contribution in [0.2, 0.25) is 0 Å². The Kier molecular flexibility index (Phi) is 8.11. The van der Waals surface area contributed by atoms with Crippen molar-refractivity contribution in [3.63, 3.8) is 0 Å². The fourth-order valence-electron chi connectivity index (χ4n) is 5.40. The van der Waals surface area contributed by atoms with Crippen LogP contribution in [0.3, 0.4) is 0 Å². The number of rotatable bonds is 7. The molecule has 1 N–H and O–H groups in total. The number of nitrogens with one attached hydrogen (secondary N) is 1. The van der Waals surface area contributed by atoms with Crippen molar-refractivity contribution < 1.29 is 14.0 Å². The lowest BCUT2D eigenvalue weighted by Gasteiger charge is -2.24. The molecule has 0 saturated carbocycles. The van der Waals surface area contributed by atoms with Gasteiger partial charge in [-0.25, -0.2) is 9.07 Å². The van der Waals surface area contributed by atoms with Crippen molar-refractivity contribution in [1.29, 1.82) is 0 Å². The number of anilines is 1. The van der Waals surface area contributed by atoms with E-state index in [2.05, 4.69) is 30.4 Å². The van der Waals surface area contributed by atoms with Gasteiger partial charge in [-0.05, 0) is 48.7 Å². The molecule has 0 fully saturated rings. The lowest BCUT2D eigenvalue weighted by molar-refractivity contribution is -0.123. The molecular formula is C35H31FN4O2S. The summed E-state index contributed by atoms with van der Waals surface area (Å²) in [5, 5.41) is 7.88. The van der Waals surface area contributed by atoms with E-state index in [-0.39, 0.29) is 41.7 Å². The Labute approximate surface area is 254 Å². The summed E-state index contributed by atoms with van der Waals surface area (Å²) in [4.78, 5) is 28.9. The predicted molar refractivity (Wildman–Crippen MR) is 170 cm³/mol. The van der Waals surface area contributed by atoms with E-state index >= 15 is 0 Å². The molecule has 1 atom stereocenters. The first-order valence-electron chi connectivity index (χ1n) is 14.1. The molecule has 0 radical (unpaired) electrons. The summed E-state index contributed by atoms with van der Waals surface area (Å²) in [7, 11) is 0. The number of hydrogen-bond donors (Lipinski definition) is 1. The molecular weight excluding hydrogens is 559 g/mol. The predicted octanol–water partition coefficient (Wildman–Crippen LogP) is 6.78. The van der Waals surface area contributed by atoms with Crippen LogP contribution in [-0.4, -0.2) is 33.9 Å². The van der Waals surface area contributed by atoms with Crippen molar-refractivity contribution >= 4 is 29.4 Å². The molecule has 5 aromatic rings. The van der Waals surface area contributed by atoms with Gasteiger partial charge in [-0.2, -0.15) is 5.10 Å². The summed E-state index contributed by atoms with van der Waals surface area (Å²) in [5.41, 5.74) is 7.38. The molecule has 4 aromatic carbocycles. The number of benzene rings is 4. The Hall–Kier alpha value is -4.69. The lowest BCUT2D eigenvalue weighted by atomic mass is 9.98. The number of nitrogens with zero attached hydrogens (tertiary/aromatic N) is 3. The summed E-state index contributed by atoms with van der Waals surface area (Å²) in [5.74, 6) is -0.0432. The highest BCUT2D eigenvalue weighted by Crippen LogP contribution is 2.48. The summed E-state index contributed by atoms with van der Waals surface area (Å²) in [6.07, 6.45) is 0. The van der Waals surface area contributed by atoms with Crippen LogP contribution in [0.5, 0.6) is 0 Å². The van der Waals surface area contributed by atoms with Crippen LogP contribution in [0.4, 0.5) is 10.2 Å². The number of thioether (sulfide) groups is 1. The van der Waals surface area contributed by atoms with Crippen LogP contribution in [0.15, 0.2) is 103 Å². The number of aromatic nitrogens is 2. The van der Waals surface area contributed by atoms with Crippen molar-refractivity contribution in [1.82, 2.24) is 15.1 Å². The van der Waals surface area contributed by atoms with Crippen molar-refractivity contribution in [2.45, 2.75) is 25.6 Å². The Balaban J connectivity index is 1.51. The smallest absolute Gasteiger partial charge is 0.240 e. The maximum atomic E-state index is 13.9. The molecule has 6 rings (SSSR count). The van der Waals surface area contributed by atoms with E-state index in [4.69, 9.17) is 5.10 Å². The highest BCUT2D eigenvalue weighted by Gasteiger charge is 2.37. The minimum atomic E-state index is -0.336. The highest BCUT2D eigenvalue weighted by molar-refractivity contribution is 8.00. The third-order valence-electron chi connectivity index (χ3n) is 7.53. The van der Waals surface area contributed by atoms with E-state index in [1.165, 1.54) is 12.1 Å². The number of carbonyl (C=O) groups is 2. The van der Waals surface area contributed by atoms with Gasteiger partial charge in [-0.3, -0.25) is 14.5 Å². The molecule has 0 unspecified atom stereocenters. The van der Waals surface area contributed by atoms with Crippen LogP contribution in [-0.2, 0) is 16.1 Å². The van der Waals surface area contributed by atoms with Gasteiger partial charge in [0, 0.05) is 17.7 Å². The molecule has 0 aliphatic carbocycles. The number of carbonyl (C=O) groups excluding carboxylic acids is 2. The van der Waals surface area contributed by atoms with E-state index in [0.29, 0.717) is 5.82 Å². The zero-order chi connectivity index (χ0) is 29.9. The minimum Gasteiger partial charge on any atom is -0.350 e. The van der Waals surface area contributed by atoms with Crippen LogP contribution in [0, 0.1) is 19.7 Å². The zero-order valence-electron chi connectivity index (χ0n) is 24.0. The molecule has 2 amide bonds. The number of para-hydroxylation sites is 1. The molecule has 1 aromatic heterocycles. The normalized spacial score (nSPS) is 14.7. The first-order valence-corrected chi connectivity index (χ1v) is 15.2. The van der Waals surface area contributed by atoms with Gasteiger partial charge in [0.25, 0.3) is 0 Å². The fourth-order valence-corrected chi connectivity index (χ4v) is 6.58. The van der Waals surface area contributed by atoms with Crippen molar-refractivity contribution in [3.05, 3.63) is 137 Å². The van der Waals surface area contributed by atoms with E-state index in [1.54, 1.807) is 28.8 Å². The largest absolute Gasteiger partial charge is 0.350 e. The first-order chi connectivity index (χ1) is 20.9. The van der Waals surface area contributed by atoms with Gasteiger partial charge in [0.05, 0.1) is 22.4 Å². The summed E-state index contributed by atoms with van der Waals surface area (Å²) in [6.45, 7) is 4.11. The molecule has 1 aliphatic rings. The maximum absolute atomic E-state index is 13.9. The van der Waals surface area contributed by atoms with Crippen LogP contribution >= 0.6 is 11.8 Å². The quantitative estimate of drug-likeness (QED) is 0.227. The second-order valence-electron chi connectivity index (χ2n) is 10.6. The van der Waals surface area contributed by atoms with E-state index in [0.717, 1.165) is 44.8 Å². The molecule has 43 heavy (non-hydrogen) atoms. The Bertz CT molecular complexity index is 1790. The van der Waals surface area contributed by atoms with E-state index in [9.17, 15) is 14.0 Å². The highest BCUT2D eigenvalue weighted by atomic mass is 32.2. The Morgan fingerprint density at radius 3 is 2.44 bits per heavy atom. The topological polar surface area (TPSA) is 67.2 Å². The van der Waals surface area contributed by atoms with Gasteiger partial charge >= 0.3 is 0 Å². The number of aryl methyl sites for hydroxylation is 2. The molecule has 216 valence electrons. The van der Waals surface area contributed by atoms with Gasteiger partial charge < -0.3 is 5.32 Å². The lowest BCUT2D eigenvalue weighted by Crippen LogP contribution is -2.42. The monoisotopic (exact) mass is 590 g/mol.